The van der Waals surface area contributed by atoms with Gasteiger partial charge in [0.05, 0.1) is 18.5 Å². The molecule has 5 nitrogen and oxygen atoms in total. The Morgan fingerprint density at radius 2 is 2.00 bits per heavy atom. The average Bonchev–Trinajstić information content (AvgIpc) is 2.96. The Labute approximate surface area is 126 Å². The summed E-state index contributed by atoms with van der Waals surface area (Å²) < 4.78 is 1.94. The van der Waals surface area contributed by atoms with Crippen molar-refractivity contribution in [1.82, 2.24) is 14.5 Å². The molecule has 21 heavy (non-hydrogen) atoms. The van der Waals surface area contributed by atoms with Crippen LogP contribution in [0.2, 0.25) is 0 Å². The molecular formula is C16H24N4O. The molecule has 0 amide bonds. The molecule has 0 saturated heterocycles. The van der Waals surface area contributed by atoms with E-state index in [9.17, 15) is 5.11 Å². The van der Waals surface area contributed by atoms with Crippen LogP contribution in [-0.4, -0.2) is 32.8 Å². The minimum Gasteiger partial charge on any atom is -0.396 e. The van der Waals surface area contributed by atoms with Crippen molar-refractivity contribution in [3.05, 3.63) is 36.5 Å². The van der Waals surface area contributed by atoms with Gasteiger partial charge in [0.1, 0.15) is 11.6 Å². The molecule has 2 heterocycles. The molecule has 0 bridgehead atoms. The zero-order valence-electron chi connectivity index (χ0n) is 13.0. The molecule has 0 unspecified atom stereocenters. The Kier molecular flexibility index (Phi) is 4.96. The van der Waals surface area contributed by atoms with Gasteiger partial charge in [-0.1, -0.05) is 13.8 Å². The number of aromatic nitrogens is 3. The van der Waals surface area contributed by atoms with E-state index < -0.39 is 0 Å². The highest BCUT2D eigenvalue weighted by Crippen LogP contribution is 2.26. The van der Waals surface area contributed by atoms with Gasteiger partial charge >= 0.3 is 0 Å². The van der Waals surface area contributed by atoms with Crippen LogP contribution in [0.4, 0.5) is 5.69 Å². The van der Waals surface area contributed by atoms with Crippen molar-refractivity contribution in [3.8, 4) is 5.82 Å². The van der Waals surface area contributed by atoms with Gasteiger partial charge < -0.3 is 10.4 Å². The fourth-order valence-corrected chi connectivity index (χ4v) is 2.32. The summed E-state index contributed by atoms with van der Waals surface area (Å²) in [6.45, 7) is 7.13. The SMILES string of the molecule is CCC(CC)(CO)CNc1ccc(-n2ccnc2C)nc1. The van der Waals surface area contributed by atoms with Crippen molar-refractivity contribution in [2.24, 2.45) is 5.41 Å². The van der Waals surface area contributed by atoms with Gasteiger partial charge in [0.2, 0.25) is 0 Å². The maximum absolute atomic E-state index is 9.59. The highest BCUT2D eigenvalue weighted by atomic mass is 16.3. The maximum atomic E-state index is 9.59. The van der Waals surface area contributed by atoms with Crippen molar-refractivity contribution in [2.45, 2.75) is 33.6 Å². The summed E-state index contributed by atoms with van der Waals surface area (Å²) in [5.74, 6) is 1.77. The largest absolute Gasteiger partial charge is 0.396 e. The third-order valence-corrected chi connectivity index (χ3v) is 4.32. The average molecular weight is 288 g/mol. The highest BCUT2D eigenvalue weighted by molar-refractivity contribution is 5.44. The van der Waals surface area contributed by atoms with Crippen LogP contribution >= 0.6 is 0 Å². The normalized spacial score (nSPS) is 11.6. The maximum Gasteiger partial charge on any atom is 0.138 e. The number of rotatable bonds is 7. The van der Waals surface area contributed by atoms with E-state index in [0.29, 0.717) is 0 Å². The molecular weight excluding hydrogens is 264 g/mol. The lowest BCUT2D eigenvalue weighted by atomic mass is 9.83. The monoisotopic (exact) mass is 288 g/mol. The second kappa shape index (κ2) is 6.72. The van der Waals surface area contributed by atoms with Gasteiger partial charge in [-0.05, 0) is 31.9 Å². The van der Waals surface area contributed by atoms with Crippen LogP contribution in [0.5, 0.6) is 0 Å². The summed E-state index contributed by atoms with van der Waals surface area (Å²) in [7, 11) is 0. The van der Waals surface area contributed by atoms with Crippen molar-refractivity contribution in [1.29, 1.82) is 0 Å². The first-order valence-corrected chi connectivity index (χ1v) is 7.45. The van der Waals surface area contributed by atoms with E-state index in [4.69, 9.17) is 0 Å². The van der Waals surface area contributed by atoms with Crippen molar-refractivity contribution >= 4 is 5.69 Å². The second-order valence-corrected chi connectivity index (χ2v) is 5.47. The van der Waals surface area contributed by atoms with E-state index in [1.54, 1.807) is 6.20 Å². The van der Waals surface area contributed by atoms with Gasteiger partial charge in [-0.25, -0.2) is 9.97 Å². The summed E-state index contributed by atoms with van der Waals surface area (Å²) in [6.07, 6.45) is 7.39. The number of aryl methyl sites for hydroxylation is 1. The number of anilines is 1. The molecule has 0 aliphatic carbocycles. The van der Waals surface area contributed by atoms with Gasteiger partial charge in [0.15, 0.2) is 0 Å². The van der Waals surface area contributed by atoms with E-state index in [-0.39, 0.29) is 12.0 Å². The molecule has 2 N–H and O–H groups in total. The number of pyridine rings is 1. The van der Waals surface area contributed by atoms with E-state index in [2.05, 4.69) is 29.1 Å². The Hall–Kier alpha value is -1.88. The molecule has 5 heteroatoms. The minimum atomic E-state index is -0.0559. The zero-order valence-corrected chi connectivity index (χ0v) is 13.0. The van der Waals surface area contributed by atoms with Crippen LogP contribution in [-0.2, 0) is 0 Å². The first-order valence-electron chi connectivity index (χ1n) is 7.45. The fourth-order valence-electron chi connectivity index (χ4n) is 2.32. The predicted molar refractivity (Wildman–Crippen MR) is 84.7 cm³/mol. The fraction of sp³-hybridized carbons (Fsp3) is 0.500. The number of imidazole rings is 1. The minimum absolute atomic E-state index is 0.0559. The third-order valence-electron chi connectivity index (χ3n) is 4.32. The zero-order chi connectivity index (χ0) is 15.3. The number of nitrogens with zero attached hydrogens (tertiary/aromatic N) is 3. The molecule has 0 spiro atoms. The molecule has 0 aromatic carbocycles. The van der Waals surface area contributed by atoms with Gasteiger partial charge in [0.25, 0.3) is 0 Å². The van der Waals surface area contributed by atoms with Crippen LogP contribution in [0.1, 0.15) is 32.5 Å². The molecule has 0 fully saturated rings. The summed E-state index contributed by atoms with van der Waals surface area (Å²) in [5, 5.41) is 13.0. The quantitative estimate of drug-likeness (QED) is 0.822. The number of hydrogen-bond acceptors (Lipinski definition) is 4. The van der Waals surface area contributed by atoms with E-state index in [0.717, 1.165) is 36.7 Å². The van der Waals surface area contributed by atoms with E-state index >= 15 is 0 Å². The van der Waals surface area contributed by atoms with Crippen LogP contribution in [0.15, 0.2) is 30.7 Å². The molecule has 2 aromatic rings. The van der Waals surface area contributed by atoms with E-state index in [1.165, 1.54) is 0 Å². The van der Waals surface area contributed by atoms with Crippen molar-refractivity contribution < 1.29 is 5.11 Å². The Morgan fingerprint density at radius 3 is 2.48 bits per heavy atom. The van der Waals surface area contributed by atoms with Gasteiger partial charge in [0, 0.05) is 24.4 Å². The molecule has 0 aliphatic heterocycles. The summed E-state index contributed by atoms with van der Waals surface area (Å²) >= 11 is 0. The molecule has 0 saturated carbocycles. The first-order chi connectivity index (χ1) is 10.1. The first kappa shape index (κ1) is 15.5. The topological polar surface area (TPSA) is 63.0 Å². The molecule has 0 aliphatic rings. The van der Waals surface area contributed by atoms with Crippen LogP contribution in [0.3, 0.4) is 0 Å². The molecule has 2 rings (SSSR count). The lowest BCUT2D eigenvalue weighted by molar-refractivity contribution is 0.127. The van der Waals surface area contributed by atoms with Gasteiger partial charge in [-0.3, -0.25) is 4.57 Å². The standard InChI is InChI=1S/C16H24N4O/c1-4-16(5-2,12-21)11-19-14-6-7-15(18-10-14)20-9-8-17-13(20)3/h6-10,19,21H,4-5,11-12H2,1-3H3. The smallest absolute Gasteiger partial charge is 0.138 e. The summed E-state index contributed by atoms with van der Waals surface area (Å²) in [5.41, 5.74) is 0.913. The summed E-state index contributed by atoms with van der Waals surface area (Å²) in [6, 6.07) is 3.98. The molecule has 0 radical (unpaired) electrons. The molecule has 0 atom stereocenters. The predicted octanol–water partition coefficient (Wildman–Crippen LogP) is 2.79. The number of nitrogens with one attached hydrogen (secondary N) is 1. The lowest BCUT2D eigenvalue weighted by Crippen LogP contribution is -2.32. The Bertz CT molecular complexity index is 550. The third kappa shape index (κ3) is 3.42. The number of hydrogen-bond donors (Lipinski definition) is 2. The Morgan fingerprint density at radius 1 is 1.24 bits per heavy atom. The van der Waals surface area contributed by atoms with Gasteiger partial charge in [-0.15, -0.1) is 0 Å². The number of aliphatic hydroxyl groups is 1. The van der Waals surface area contributed by atoms with Crippen molar-refractivity contribution in [2.75, 3.05) is 18.5 Å². The van der Waals surface area contributed by atoms with E-state index in [1.807, 2.05) is 36.0 Å². The highest BCUT2D eigenvalue weighted by Gasteiger charge is 2.24. The molecule has 114 valence electrons. The second-order valence-electron chi connectivity index (χ2n) is 5.47. The van der Waals surface area contributed by atoms with Gasteiger partial charge in [-0.2, -0.15) is 0 Å². The Balaban J connectivity index is 2.05. The van der Waals surface area contributed by atoms with Crippen LogP contribution in [0.25, 0.3) is 5.82 Å². The molecule has 2 aromatic heterocycles. The van der Waals surface area contributed by atoms with Crippen molar-refractivity contribution in [3.63, 3.8) is 0 Å². The summed E-state index contributed by atoms with van der Waals surface area (Å²) in [4.78, 5) is 8.65. The van der Waals surface area contributed by atoms with Crippen LogP contribution in [0, 0.1) is 12.3 Å². The lowest BCUT2D eigenvalue weighted by Gasteiger charge is -2.29. The number of aliphatic hydroxyl groups excluding tert-OH is 1. The van der Waals surface area contributed by atoms with Crippen LogP contribution < -0.4 is 5.32 Å².